The van der Waals surface area contributed by atoms with Crippen molar-refractivity contribution in [1.82, 2.24) is 15.5 Å². The summed E-state index contributed by atoms with van der Waals surface area (Å²) in [5.74, 6) is -0.622. The number of carbonyl (C=O) groups excluding carboxylic acids is 1. The van der Waals surface area contributed by atoms with E-state index in [0.29, 0.717) is 41.0 Å². The van der Waals surface area contributed by atoms with Gasteiger partial charge in [0.2, 0.25) is 0 Å². The molecule has 1 heterocycles. The largest absolute Gasteiger partial charge is 0.368 e. The van der Waals surface area contributed by atoms with Crippen molar-refractivity contribution in [2.75, 3.05) is 44.5 Å². The fraction of sp³-hybridized carbons (Fsp3) is 0.667. The van der Waals surface area contributed by atoms with Gasteiger partial charge in [0.1, 0.15) is 0 Å². The van der Waals surface area contributed by atoms with Crippen molar-refractivity contribution in [2.45, 2.75) is 45.0 Å². The van der Waals surface area contributed by atoms with Gasteiger partial charge in [-0.15, -0.1) is 0 Å². The van der Waals surface area contributed by atoms with E-state index in [4.69, 9.17) is 25.3 Å². The average Bonchev–Trinajstić information content (AvgIpc) is 2.79. The Labute approximate surface area is 182 Å². The molecule has 2 aliphatic rings. The summed E-state index contributed by atoms with van der Waals surface area (Å²) in [6, 6.07) is 3.91. The second-order valence-corrected chi connectivity index (χ2v) is 7.13. The van der Waals surface area contributed by atoms with Gasteiger partial charge in [-0.2, -0.15) is 0 Å². The van der Waals surface area contributed by atoms with Gasteiger partial charge in [0.15, 0.2) is 0 Å². The standard InChI is InChI=1S/C21H33ClN4O/c1-16-4-3-5-19(20(16)22)26-14-12-25(13-15-26)11-10-17-6-8-18(9-7-17)24-21(27)23-2/h3-5,17-18H,6-15H2,1-2H3,(H2,23,24,27)/t17-,18-/i10D2,12D2,13D2,14D2,15D2. The summed E-state index contributed by atoms with van der Waals surface area (Å²) >= 11 is 6.34. The average molecular weight is 403 g/mol. The lowest BCUT2D eigenvalue weighted by Crippen LogP contribution is -2.47. The molecule has 1 aromatic carbocycles. The van der Waals surface area contributed by atoms with Crippen LogP contribution in [0, 0.1) is 12.8 Å². The molecule has 1 aliphatic heterocycles. The Bertz CT molecular complexity index is 989. The molecular weight excluding hydrogens is 360 g/mol. The molecule has 5 nitrogen and oxygen atoms in total. The van der Waals surface area contributed by atoms with Gasteiger partial charge in [-0.3, -0.25) is 4.90 Å². The van der Waals surface area contributed by atoms with E-state index in [9.17, 15) is 4.79 Å². The molecule has 2 fully saturated rings. The van der Waals surface area contributed by atoms with Crippen molar-refractivity contribution in [3.63, 3.8) is 0 Å². The van der Waals surface area contributed by atoms with Gasteiger partial charge in [0.25, 0.3) is 0 Å². The maximum Gasteiger partial charge on any atom is 0.314 e. The minimum absolute atomic E-state index is 0.0345. The molecule has 0 bridgehead atoms. The van der Waals surface area contributed by atoms with E-state index in [1.807, 2.05) is 0 Å². The highest BCUT2D eigenvalue weighted by molar-refractivity contribution is 6.34. The topological polar surface area (TPSA) is 47.6 Å². The Kier molecular flexibility index (Phi) is 3.90. The smallest absolute Gasteiger partial charge is 0.314 e. The molecule has 0 atom stereocenters. The second kappa shape index (κ2) is 9.65. The molecule has 0 radical (unpaired) electrons. The zero-order valence-corrected chi connectivity index (χ0v) is 16.4. The Morgan fingerprint density at radius 2 is 1.96 bits per heavy atom. The van der Waals surface area contributed by atoms with Gasteiger partial charge < -0.3 is 15.5 Å². The molecule has 0 unspecified atom stereocenters. The van der Waals surface area contributed by atoms with Crippen LogP contribution in [0.4, 0.5) is 10.5 Å². The molecule has 1 saturated carbocycles. The summed E-state index contributed by atoms with van der Waals surface area (Å²) < 4.78 is 86.6. The molecule has 1 aliphatic carbocycles. The minimum Gasteiger partial charge on any atom is -0.368 e. The van der Waals surface area contributed by atoms with E-state index in [1.165, 1.54) is 19.2 Å². The number of anilines is 1. The number of benzene rings is 1. The van der Waals surface area contributed by atoms with E-state index in [2.05, 4.69) is 10.6 Å². The van der Waals surface area contributed by atoms with E-state index in [1.54, 1.807) is 13.0 Å². The van der Waals surface area contributed by atoms with Crippen molar-refractivity contribution >= 4 is 23.3 Å². The zero-order chi connectivity index (χ0) is 28.2. The Balaban J connectivity index is 1.94. The van der Waals surface area contributed by atoms with Crippen LogP contribution >= 0.6 is 11.6 Å². The van der Waals surface area contributed by atoms with E-state index in [0.717, 1.165) is 0 Å². The fourth-order valence-electron chi connectivity index (χ4n) is 3.20. The third-order valence-electron chi connectivity index (χ3n) is 4.83. The van der Waals surface area contributed by atoms with Crippen molar-refractivity contribution in [3.05, 3.63) is 28.8 Å². The number of aryl methyl sites for hydroxylation is 1. The van der Waals surface area contributed by atoms with Crippen LogP contribution < -0.4 is 15.5 Å². The normalized spacial score (nSPS) is 37.4. The summed E-state index contributed by atoms with van der Waals surface area (Å²) in [4.78, 5) is 12.3. The summed E-state index contributed by atoms with van der Waals surface area (Å²) in [6.07, 6.45) is -0.552. The lowest BCUT2D eigenvalue weighted by molar-refractivity contribution is 0.206. The lowest BCUT2D eigenvalue weighted by atomic mass is 9.84. The molecule has 150 valence electrons. The zero-order valence-electron chi connectivity index (χ0n) is 25.6. The predicted molar refractivity (Wildman–Crippen MR) is 113 cm³/mol. The molecule has 1 saturated heterocycles. The third-order valence-corrected chi connectivity index (χ3v) is 5.33. The number of hydrogen-bond acceptors (Lipinski definition) is 3. The van der Waals surface area contributed by atoms with E-state index < -0.39 is 44.8 Å². The van der Waals surface area contributed by atoms with Crippen LogP contribution in [0.3, 0.4) is 0 Å². The van der Waals surface area contributed by atoms with Crippen LogP contribution in [-0.4, -0.2) is 56.6 Å². The molecule has 1 aromatic rings. The highest BCUT2D eigenvalue weighted by atomic mass is 35.5. The SMILES string of the molecule is [2H]C1([2H])N(CC([2H])([2H])[C@H]2CC[C@H](NC(=O)NC)CC2)C([2H])([2H])C([2H])([2H])N(c2cccc(C)c2Cl)C1([2H])[2H]. The quantitative estimate of drug-likeness (QED) is 0.790. The molecule has 3 rings (SSSR count). The van der Waals surface area contributed by atoms with Crippen molar-refractivity contribution in [2.24, 2.45) is 5.92 Å². The Morgan fingerprint density at radius 3 is 2.63 bits per heavy atom. The second-order valence-electron chi connectivity index (χ2n) is 6.75. The predicted octanol–water partition coefficient (Wildman–Crippen LogP) is 3.65. The summed E-state index contributed by atoms with van der Waals surface area (Å²) in [5.41, 5.74) is 0.279. The maximum absolute atomic E-state index is 11.6. The number of hydrogen-bond donors (Lipinski definition) is 2. The number of halogens is 1. The highest BCUT2D eigenvalue weighted by Gasteiger charge is 2.24. The highest BCUT2D eigenvalue weighted by Crippen LogP contribution is 2.30. The molecular formula is C21H33ClN4O. The van der Waals surface area contributed by atoms with Crippen LogP contribution in [-0.2, 0) is 0 Å². The molecule has 2 N–H and O–H groups in total. The molecule has 0 spiro atoms. The Hall–Kier alpha value is -1.46. The van der Waals surface area contributed by atoms with Crippen molar-refractivity contribution < 1.29 is 18.5 Å². The molecule has 27 heavy (non-hydrogen) atoms. The van der Waals surface area contributed by atoms with Gasteiger partial charge in [0.05, 0.1) is 16.2 Å². The number of amides is 2. The lowest BCUT2D eigenvalue weighted by Gasteiger charge is -2.37. The van der Waals surface area contributed by atoms with Crippen LogP contribution in [0.1, 0.15) is 51.3 Å². The third kappa shape index (κ3) is 5.52. The van der Waals surface area contributed by atoms with Crippen LogP contribution in [0.25, 0.3) is 0 Å². The van der Waals surface area contributed by atoms with Gasteiger partial charge in [-0.1, -0.05) is 23.7 Å². The number of nitrogens with zero attached hydrogens (tertiary/aromatic N) is 2. The van der Waals surface area contributed by atoms with Gasteiger partial charge >= 0.3 is 6.03 Å². The van der Waals surface area contributed by atoms with Crippen molar-refractivity contribution in [3.8, 4) is 0 Å². The number of piperazine rings is 1. The first-order valence-electron chi connectivity index (χ1n) is 14.1. The number of urea groups is 1. The van der Waals surface area contributed by atoms with Gasteiger partial charge in [-0.25, -0.2) is 4.79 Å². The molecule has 2 amide bonds. The first-order valence-corrected chi connectivity index (χ1v) is 9.51. The van der Waals surface area contributed by atoms with Crippen LogP contribution in [0.2, 0.25) is 5.02 Å². The van der Waals surface area contributed by atoms with Gasteiger partial charge in [0, 0.05) is 47.3 Å². The van der Waals surface area contributed by atoms with Crippen LogP contribution in [0.15, 0.2) is 18.2 Å². The summed E-state index contributed by atoms with van der Waals surface area (Å²) in [6.45, 7) is -11.8. The minimum atomic E-state index is -3.15. The monoisotopic (exact) mass is 402 g/mol. The first-order chi connectivity index (χ1) is 16.8. The molecule has 0 aromatic heterocycles. The summed E-state index contributed by atoms with van der Waals surface area (Å²) in [5, 5.41) is 5.21. The van der Waals surface area contributed by atoms with Crippen molar-refractivity contribution in [1.29, 1.82) is 0 Å². The molecule has 6 heteroatoms. The number of carbonyl (C=O) groups is 1. The fourth-order valence-corrected chi connectivity index (χ4v) is 3.41. The van der Waals surface area contributed by atoms with Crippen LogP contribution in [0.5, 0.6) is 0 Å². The first kappa shape index (κ1) is 10.9. The van der Waals surface area contributed by atoms with Gasteiger partial charge in [-0.05, 0) is 63.1 Å². The van der Waals surface area contributed by atoms with E-state index in [-0.39, 0.29) is 22.8 Å². The summed E-state index contributed by atoms with van der Waals surface area (Å²) in [7, 11) is 1.49. The maximum atomic E-state index is 11.6. The number of nitrogens with one attached hydrogen (secondary N) is 2. The van der Waals surface area contributed by atoms with E-state index >= 15 is 0 Å². The number of rotatable bonds is 5. The Morgan fingerprint density at radius 1 is 1.26 bits per heavy atom.